The minimum absolute atomic E-state index is 0.0324. The number of carbonyl (C=O) groups excluding carboxylic acids is 1. The van der Waals surface area contributed by atoms with Crippen molar-refractivity contribution in [1.82, 2.24) is 10.3 Å². The van der Waals surface area contributed by atoms with Gasteiger partial charge >= 0.3 is 0 Å². The Kier molecular flexibility index (Phi) is 6.20. The molecule has 8 heteroatoms. The molecule has 0 bridgehead atoms. The third-order valence-electron chi connectivity index (χ3n) is 4.56. The number of nitrogens with one attached hydrogen (secondary N) is 2. The molecule has 1 heterocycles. The molecule has 0 aliphatic rings. The summed E-state index contributed by atoms with van der Waals surface area (Å²) >= 11 is 11.0. The number of oxazole rings is 1. The molecule has 160 valence electrons. The molecule has 1 aromatic heterocycles. The van der Waals surface area contributed by atoms with Crippen LogP contribution in [0.25, 0.3) is 28.6 Å². The van der Waals surface area contributed by atoms with Crippen molar-refractivity contribution < 1.29 is 14.3 Å². The summed E-state index contributed by atoms with van der Waals surface area (Å²) < 4.78 is 5.77. The normalized spacial score (nSPS) is 11.1. The van der Waals surface area contributed by atoms with Crippen LogP contribution in [-0.2, 0) is 4.79 Å². The highest BCUT2D eigenvalue weighted by Gasteiger charge is 2.13. The zero-order chi connectivity index (χ0) is 22.7. The summed E-state index contributed by atoms with van der Waals surface area (Å²) in [7, 11) is 0. The lowest BCUT2D eigenvalue weighted by Crippen LogP contribution is -2.32. The van der Waals surface area contributed by atoms with Gasteiger partial charge in [-0.15, -0.1) is 0 Å². The Labute approximate surface area is 194 Å². The largest absolute Gasteiger partial charge is 0.507 e. The lowest BCUT2D eigenvalue weighted by atomic mass is 10.2. The highest BCUT2D eigenvalue weighted by Crippen LogP contribution is 2.33. The van der Waals surface area contributed by atoms with Gasteiger partial charge in [0.2, 0.25) is 11.8 Å². The van der Waals surface area contributed by atoms with Crippen molar-refractivity contribution in [1.29, 1.82) is 0 Å². The van der Waals surface area contributed by atoms with Crippen LogP contribution in [0.1, 0.15) is 11.1 Å². The minimum Gasteiger partial charge on any atom is -0.507 e. The molecule has 0 unspecified atom stereocenters. The Bertz CT molecular complexity index is 1350. The Morgan fingerprint density at radius 3 is 2.66 bits per heavy atom. The lowest BCUT2D eigenvalue weighted by molar-refractivity contribution is -0.115. The van der Waals surface area contributed by atoms with Crippen molar-refractivity contribution >= 4 is 57.7 Å². The smallest absolute Gasteiger partial charge is 0.250 e. The van der Waals surface area contributed by atoms with Gasteiger partial charge in [0, 0.05) is 22.9 Å². The number of hydrogen-bond acceptors (Lipinski definition) is 5. The van der Waals surface area contributed by atoms with E-state index in [2.05, 4.69) is 15.6 Å². The van der Waals surface area contributed by atoms with E-state index in [0.29, 0.717) is 33.3 Å². The van der Waals surface area contributed by atoms with Gasteiger partial charge in [0.05, 0.1) is 5.56 Å². The molecule has 0 radical (unpaired) electrons. The first kappa shape index (κ1) is 21.5. The van der Waals surface area contributed by atoms with Crippen molar-refractivity contribution in [2.45, 2.75) is 6.92 Å². The molecule has 0 aliphatic carbocycles. The van der Waals surface area contributed by atoms with E-state index in [1.807, 2.05) is 25.1 Å². The van der Waals surface area contributed by atoms with Crippen LogP contribution in [0, 0.1) is 6.92 Å². The molecule has 0 spiro atoms. The first-order valence-electron chi connectivity index (χ1n) is 9.63. The third-order valence-corrected chi connectivity index (χ3v) is 5.02. The fourth-order valence-corrected chi connectivity index (χ4v) is 3.34. The van der Waals surface area contributed by atoms with Crippen LogP contribution in [0.5, 0.6) is 5.75 Å². The second kappa shape index (κ2) is 9.21. The van der Waals surface area contributed by atoms with Crippen molar-refractivity contribution in [3.05, 3.63) is 82.9 Å². The molecule has 4 aromatic rings. The van der Waals surface area contributed by atoms with Crippen molar-refractivity contribution in [3.8, 4) is 17.2 Å². The zero-order valence-corrected chi connectivity index (χ0v) is 18.5. The number of fused-ring (bicyclic) bond motifs is 1. The minimum atomic E-state index is -0.389. The maximum absolute atomic E-state index is 12.1. The summed E-state index contributed by atoms with van der Waals surface area (Å²) in [4.78, 5) is 16.5. The van der Waals surface area contributed by atoms with Gasteiger partial charge < -0.3 is 14.8 Å². The number of phenols is 1. The van der Waals surface area contributed by atoms with E-state index in [9.17, 15) is 9.90 Å². The highest BCUT2D eigenvalue weighted by molar-refractivity contribution is 7.80. The number of aromatic nitrogens is 1. The maximum Gasteiger partial charge on any atom is 0.250 e. The standard InChI is InChI=1S/C24H18ClN3O3S/c1-14-2-10-19-21(12-14)31-23(27-19)18-9-8-17(13-20(18)29)26-24(32)28-22(30)11-5-15-3-6-16(25)7-4-15/h2-13,29H,1H3,(H2,26,28,30,32)/b11-5+. The summed E-state index contributed by atoms with van der Waals surface area (Å²) in [5.41, 5.74) is 4.20. The van der Waals surface area contributed by atoms with Crippen LogP contribution in [0.15, 0.2) is 71.2 Å². The van der Waals surface area contributed by atoms with Gasteiger partial charge in [-0.05, 0) is 72.7 Å². The average molecular weight is 464 g/mol. The van der Waals surface area contributed by atoms with Crippen LogP contribution in [0.2, 0.25) is 5.02 Å². The van der Waals surface area contributed by atoms with Gasteiger partial charge in [-0.2, -0.15) is 0 Å². The van der Waals surface area contributed by atoms with Gasteiger partial charge in [-0.3, -0.25) is 10.1 Å². The number of benzene rings is 3. The molecule has 3 N–H and O–H groups in total. The third kappa shape index (κ3) is 5.14. The molecular weight excluding hydrogens is 446 g/mol. The Morgan fingerprint density at radius 1 is 1.12 bits per heavy atom. The van der Waals surface area contributed by atoms with Crippen molar-refractivity contribution in [2.75, 3.05) is 5.32 Å². The second-order valence-corrected chi connectivity index (χ2v) is 7.90. The predicted molar refractivity (Wildman–Crippen MR) is 131 cm³/mol. The van der Waals surface area contributed by atoms with Crippen LogP contribution in [0.4, 0.5) is 5.69 Å². The Hall–Kier alpha value is -3.68. The molecule has 32 heavy (non-hydrogen) atoms. The van der Waals surface area contributed by atoms with E-state index in [1.165, 1.54) is 12.1 Å². The molecule has 3 aromatic carbocycles. The fraction of sp³-hybridized carbons (Fsp3) is 0.0417. The number of rotatable bonds is 4. The summed E-state index contributed by atoms with van der Waals surface area (Å²) in [5, 5.41) is 16.6. The number of anilines is 1. The van der Waals surface area contributed by atoms with Crippen LogP contribution in [0.3, 0.4) is 0 Å². The number of halogens is 1. The summed E-state index contributed by atoms with van der Waals surface area (Å²) in [6, 6.07) is 17.6. The molecule has 0 saturated carbocycles. The molecule has 0 atom stereocenters. The zero-order valence-electron chi connectivity index (χ0n) is 16.9. The predicted octanol–water partition coefficient (Wildman–Crippen LogP) is 5.69. The number of amides is 1. The maximum atomic E-state index is 12.1. The fourth-order valence-electron chi connectivity index (χ4n) is 3.00. The van der Waals surface area contributed by atoms with Crippen LogP contribution in [-0.4, -0.2) is 21.1 Å². The molecule has 6 nitrogen and oxygen atoms in total. The molecule has 0 aliphatic heterocycles. The van der Waals surface area contributed by atoms with Gasteiger partial charge in [-0.25, -0.2) is 4.98 Å². The molecular formula is C24H18ClN3O3S. The van der Waals surface area contributed by atoms with E-state index in [1.54, 1.807) is 42.5 Å². The monoisotopic (exact) mass is 463 g/mol. The van der Waals surface area contributed by atoms with Crippen LogP contribution < -0.4 is 10.6 Å². The topological polar surface area (TPSA) is 87.4 Å². The Balaban J connectivity index is 1.40. The second-order valence-electron chi connectivity index (χ2n) is 7.05. The first-order valence-corrected chi connectivity index (χ1v) is 10.4. The van der Waals surface area contributed by atoms with Crippen molar-refractivity contribution in [2.24, 2.45) is 0 Å². The average Bonchev–Trinajstić information content (AvgIpc) is 3.16. The number of aryl methyl sites for hydroxylation is 1. The number of aromatic hydroxyl groups is 1. The van der Waals surface area contributed by atoms with E-state index in [4.69, 9.17) is 28.2 Å². The number of phenolic OH excluding ortho intramolecular Hbond substituents is 1. The van der Waals surface area contributed by atoms with Crippen molar-refractivity contribution in [3.63, 3.8) is 0 Å². The SMILES string of the molecule is Cc1ccc2nc(-c3ccc(NC(=S)NC(=O)/C=C/c4ccc(Cl)cc4)cc3O)oc2c1. The first-order chi connectivity index (χ1) is 15.4. The summed E-state index contributed by atoms with van der Waals surface area (Å²) in [6.45, 7) is 1.97. The van der Waals surface area contributed by atoms with Gasteiger partial charge in [-0.1, -0.05) is 29.8 Å². The van der Waals surface area contributed by atoms with E-state index < -0.39 is 0 Å². The molecule has 4 rings (SSSR count). The number of thiocarbonyl (C=S) groups is 1. The molecule has 0 saturated heterocycles. The number of hydrogen-bond donors (Lipinski definition) is 3. The molecule has 1 amide bonds. The Morgan fingerprint density at radius 2 is 1.91 bits per heavy atom. The number of nitrogens with zero attached hydrogens (tertiary/aromatic N) is 1. The van der Waals surface area contributed by atoms with Crippen LogP contribution >= 0.6 is 23.8 Å². The summed E-state index contributed by atoms with van der Waals surface area (Å²) in [5.74, 6) is -0.104. The quantitative estimate of drug-likeness (QED) is 0.266. The number of carbonyl (C=O) groups is 1. The van der Waals surface area contributed by atoms with Gasteiger partial charge in [0.15, 0.2) is 10.7 Å². The molecule has 0 fully saturated rings. The van der Waals surface area contributed by atoms with E-state index >= 15 is 0 Å². The van der Waals surface area contributed by atoms with Gasteiger partial charge in [0.25, 0.3) is 0 Å². The van der Waals surface area contributed by atoms with E-state index in [0.717, 1.165) is 11.1 Å². The summed E-state index contributed by atoms with van der Waals surface area (Å²) in [6.07, 6.45) is 3.02. The van der Waals surface area contributed by atoms with E-state index in [-0.39, 0.29) is 16.8 Å². The highest BCUT2D eigenvalue weighted by atomic mass is 35.5. The van der Waals surface area contributed by atoms with Gasteiger partial charge in [0.1, 0.15) is 11.3 Å². The lowest BCUT2D eigenvalue weighted by Gasteiger charge is -2.09.